The molecule has 16 heavy (non-hydrogen) atoms. The van der Waals surface area contributed by atoms with Gasteiger partial charge in [-0.05, 0) is 25.9 Å². The zero-order valence-corrected chi connectivity index (χ0v) is 9.98. The molecule has 0 aliphatic carbocycles. The molecule has 92 valence electrons. The first-order valence-electron chi connectivity index (χ1n) is 5.84. The van der Waals surface area contributed by atoms with Crippen LogP contribution in [-0.2, 0) is 9.59 Å². The van der Waals surface area contributed by atoms with Gasteiger partial charge >= 0.3 is 5.97 Å². The minimum absolute atomic E-state index is 0.0615. The molecule has 1 fully saturated rings. The zero-order chi connectivity index (χ0) is 12.1. The number of carbonyl (C=O) groups excluding carboxylic acids is 1. The molecular weight excluding hydrogens is 208 g/mol. The van der Waals surface area contributed by atoms with Gasteiger partial charge in [-0.15, -0.1) is 0 Å². The lowest BCUT2D eigenvalue weighted by Crippen LogP contribution is -2.45. The molecule has 1 aliphatic heterocycles. The number of carboxylic acids is 1. The van der Waals surface area contributed by atoms with E-state index in [1.54, 1.807) is 0 Å². The van der Waals surface area contributed by atoms with Gasteiger partial charge in [0.25, 0.3) is 0 Å². The predicted molar refractivity (Wildman–Crippen MR) is 60.2 cm³/mol. The van der Waals surface area contributed by atoms with E-state index in [4.69, 9.17) is 5.11 Å². The fourth-order valence-corrected chi connectivity index (χ4v) is 2.05. The van der Waals surface area contributed by atoms with Crippen molar-refractivity contribution < 1.29 is 14.7 Å². The molecule has 1 N–H and O–H groups in total. The molecule has 1 unspecified atom stereocenters. The van der Waals surface area contributed by atoms with E-state index >= 15 is 0 Å². The Morgan fingerprint density at radius 3 is 2.50 bits per heavy atom. The number of likely N-dealkylation sites (N-methyl/N-ethyl adjacent to an activating group) is 1. The molecule has 1 aliphatic rings. The lowest BCUT2D eigenvalue weighted by molar-refractivity contribution is -0.148. The van der Waals surface area contributed by atoms with Crippen LogP contribution in [0, 0.1) is 0 Å². The van der Waals surface area contributed by atoms with Gasteiger partial charge in [0.1, 0.15) is 6.04 Å². The average molecular weight is 228 g/mol. The minimum Gasteiger partial charge on any atom is -0.480 e. The standard InChI is InChI=1S/C11H20N2O3/c1-3-12(4-2)8-10(14)13-7-5-6-9(13)11(15)16/h9H,3-8H2,1-2H3,(H,15,16). The molecule has 5 nitrogen and oxygen atoms in total. The van der Waals surface area contributed by atoms with Crippen LogP contribution in [0.2, 0.25) is 0 Å². The molecule has 0 aromatic carbocycles. The maximum absolute atomic E-state index is 11.9. The van der Waals surface area contributed by atoms with E-state index < -0.39 is 12.0 Å². The van der Waals surface area contributed by atoms with Gasteiger partial charge in [-0.1, -0.05) is 13.8 Å². The number of hydrogen-bond donors (Lipinski definition) is 1. The summed E-state index contributed by atoms with van der Waals surface area (Å²) in [4.78, 5) is 26.3. The average Bonchev–Trinajstić information content (AvgIpc) is 2.74. The SMILES string of the molecule is CCN(CC)CC(=O)N1CCCC1C(=O)O. The second kappa shape index (κ2) is 5.84. The van der Waals surface area contributed by atoms with Gasteiger partial charge in [-0.3, -0.25) is 9.69 Å². The Labute approximate surface area is 96.0 Å². The number of carbonyl (C=O) groups is 2. The van der Waals surface area contributed by atoms with Crippen LogP contribution in [0.5, 0.6) is 0 Å². The summed E-state index contributed by atoms with van der Waals surface area (Å²) in [5.41, 5.74) is 0. The first kappa shape index (κ1) is 13.0. The van der Waals surface area contributed by atoms with Crippen LogP contribution >= 0.6 is 0 Å². The molecular formula is C11H20N2O3. The number of carboxylic acid groups (broad SMARTS) is 1. The molecule has 1 atom stereocenters. The van der Waals surface area contributed by atoms with E-state index in [-0.39, 0.29) is 5.91 Å². The van der Waals surface area contributed by atoms with Gasteiger partial charge in [0.05, 0.1) is 6.54 Å². The van der Waals surface area contributed by atoms with Crippen LogP contribution in [0.3, 0.4) is 0 Å². The van der Waals surface area contributed by atoms with Crippen molar-refractivity contribution in [2.75, 3.05) is 26.2 Å². The largest absolute Gasteiger partial charge is 0.480 e. The maximum atomic E-state index is 11.9. The molecule has 0 aromatic heterocycles. The highest BCUT2D eigenvalue weighted by molar-refractivity contribution is 5.85. The van der Waals surface area contributed by atoms with E-state index in [1.807, 2.05) is 18.7 Å². The van der Waals surface area contributed by atoms with E-state index in [0.717, 1.165) is 19.5 Å². The molecule has 1 heterocycles. The second-order valence-electron chi connectivity index (χ2n) is 4.04. The fourth-order valence-electron chi connectivity index (χ4n) is 2.05. The van der Waals surface area contributed by atoms with Gasteiger partial charge in [0.2, 0.25) is 5.91 Å². The molecule has 1 rings (SSSR count). The van der Waals surface area contributed by atoms with Crippen molar-refractivity contribution >= 4 is 11.9 Å². The van der Waals surface area contributed by atoms with Gasteiger partial charge < -0.3 is 10.0 Å². The summed E-state index contributed by atoms with van der Waals surface area (Å²) >= 11 is 0. The summed E-state index contributed by atoms with van der Waals surface area (Å²) in [5.74, 6) is -0.945. The van der Waals surface area contributed by atoms with Crippen molar-refractivity contribution in [3.63, 3.8) is 0 Å². The predicted octanol–water partition coefficient (Wildman–Crippen LogP) is 0.404. The first-order chi connectivity index (χ1) is 7.60. The van der Waals surface area contributed by atoms with Crippen molar-refractivity contribution in [2.24, 2.45) is 0 Å². The summed E-state index contributed by atoms with van der Waals surface area (Å²) in [6, 6.07) is -0.608. The highest BCUT2D eigenvalue weighted by atomic mass is 16.4. The first-order valence-corrected chi connectivity index (χ1v) is 5.84. The summed E-state index contributed by atoms with van der Waals surface area (Å²) in [6.07, 6.45) is 1.38. The van der Waals surface area contributed by atoms with Crippen molar-refractivity contribution in [1.82, 2.24) is 9.80 Å². The summed E-state index contributed by atoms with van der Waals surface area (Å²) in [5, 5.41) is 8.97. The quantitative estimate of drug-likeness (QED) is 0.740. The van der Waals surface area contributed by atoms with E-state index in [1.165, 1.54) is 4.90 Å². The normalized spacial score (nSPS) is 20.4. The highest BCUT2D eigenvalue weighted by Gasteiger charge is 2.33. The fraction of sp³-hybridized carbons (Fsp3) is 0.818. The molecule has 1 amide bonds. The molecule has 5 heteroatoms. The van der Waals surface area contributed by atoms with Crippen LogP contribution < -0.4 is 0 Å². The molecule has 0 saturated carbocycles. The monoisotopic (exact) mass is 228 g/mol. The number of hydrogen-bond acceptors (Lipinski definition) is 3. The van der Waals surface area contributed by atoms with Crippen molar-refractivity contribution in [3.05, 3.63) is 0 Å². The van der Waals surface area contributed by atoms with Crippen molar-refractivity contribution in [1.29, 1.82) is 0 Å². The summed E-state index contributed by atoms with van der Waals surface area (Å²) in [7, 11) is 0. The number of nitrogens with zero attached hydrogens (tertiary/aromatic N) is 2. The smallest absolute Gasteiger partial charge is 0.326 e. The number of amides is 1. The third-order valence-electron chi connectivity index (χ3n) is 3.11. The Morgan fingerprint density at radius 1 is 1.38 bits per heavy atom. The van der Waals surface area contributed by atoms with Gasteiger partial charge in [0, 0.05) is 6.54 Å². The summed E-state index contributed by atoms with van der Waals surface area (Å²) < 4.78 is 0. The molecule has 1 saturated heterocycles. The van der Waals surface area contributed by atoms with Crippen LogP contribution in [-0.4, -0.2) is 59.0 Å². The van der Waals surface area contributed by atoms with Gasteiger partial charge in [0.15, 0.2) is 0 Å². The third-order valence-corrected chi connectivity index (χ3v) is 3.11. The van der Waals surface area contributed by atoms with Gasteiger partial charge in [-0.25, -0.2) is 4.79 Å². The Morgan fingerprint density at radius 2 is 2.00 bits per heavy atom. The van der Waals surface area contributed by atoms with E-state index in [9.17, 15) is 9.59 Å². The maximum Gasteiger partial charge on any atom is 0.326 e. The molecule has 0 aromatic rings. The topological polar surface area (TPSA) is 60.9 Å². The lowest BCUT2D eigenvalue weighted by Gasteiger charge is -2.25. The van der Waals surface area contributed by atoms with Crippen LogP contribution in [0.4, 0.5) is 0 Å². The second-order valence-corrected chi connectivity index (χ2v) is 4.04. The van der Waals surface area contributed by atoms with E-state index in [2.05, 4.69) is 0 Å². The van der Waals surface area contributed by atoms with Gasteiger partial charge in [-0.2, -0.15) is 0 Å². The van der Waals surface area contributed by atoms with Crippen LogP contribution in [0.1, 0.15) is 26.7 Å². The number of aliphatic carboxylic acids is 1. The molecule has 0 bridgehead atoms. The molecule has 0 radical (unpaired) electrons. The Kier molecular flexibility index (Phi) is 4.73. The van der Waals surface area contributed by atoms with Crippen molar-refractivity contribution in [3.8, 4) is 0 Å². The minimum atomic E-state index is -0.884. The third kappa shape index (κ3) is 2.95. The van der Waals surface area contributed by atoms with Crippen LogP contribution in [0.25, 0.3) is 0 Å². The highest BCUT2D eigenvalue weighted by Crippen LogP contribution is 2.17. The number of likely N-dealkylation sites (tertiary alicyclic amines) is 1. The van der Waals surface area contributed by atoms with Crippen LogP contribution in [0.15, 0.2) is 0 Å². The van der Waals surface area contributed by atoms with Crippen molar-refractivity contribution in [2.45, 2.75) is 32.7 Å². The molecule has 0 spiro atoms. The Hall–Kier alpha value is -1.10. The summed E-state index contributed by atoms with van der Waals surface area (Å²) in [6.45, 7) is 6.53. The lowest BCUT2D eigenvalue weighted by atomic mass is 10.2. The Bertz CT molecular complexity index is 264. The van der Waals surface area contributed by atoms with E-state index in [0.29, 0.717) is 19.5 Å². The zero-order valence-electron chi connectivity index (χ0n) is 9.98. The number of rotatable bonds is 5. The Balaban J connectivity index is 2.56.